The molecule has 0 aromatic heterocycles. The SMILES string of the molecule is O=C(OC(C(F)(F)F)C(F)(F)S(=O)(=O)O)C1c2ccccc2-c2ccccc21. The summed E-state index contributed by atoms with van der Waals surface area (Å²) >= 11 is 0. The van der Waals surface area contributed by atoms with Gasteiger partial charge in [-0.3, -0.25) is 9.35 Å². The molecule has 0 spiro atoms. The van der Waals surface area contributed by atoms with Crippen LogP contribution >= 0.6 is 0 Å². The molecule has 1 N–H and O–H groups in total. The van der Waals surface area contributed by atoms with Gasteiger partial charge in [-0.2, -0.15) is 30.4 Å². The molecule has 0 bridgehead atoms. The molecular weight excluding hydrogens is 411 g/mol. The van der Waals surface area contributed by atoms with Crippen molar-refractivity contribution in [2.45, 2.75) is 23.5 Å². The summed E-state index contributed by atoms with van der Waals surface area (Å²) in [6.45, 7) is 0. The minimum absolute atomic E-state index is 0.227. The summed E-state index contributed by atoms with van der Waals surface area (Å²) in [6, 6.07) is 12.3. The fourth-order valence-electron chi connectivity index (χ4n) is 3.05. The second-order valence-corrected chi connectivity index (χ2v) is 7.50. The van der Waals surface area contributed by atoms with Crippen LogP contribution in [0.25, 0.3) is 11.1 Å². The van der Waals surface area contributed by atoms with Crippen molar-refractivity contribution < 1.29 is 44.5 Å². The zero-order chi connectivity index (χ0) is 20.9. The maximum atomic E-state index is 13.7. The van der Waals surface area contributed by atoms with Crippen LogP contribution in [0.4, 0.5) is 22.0 Å². The number of fused-ring (bicyclic) bond motifs is 3. The molecule has 3 rings (SSSR count). The van der Waals surface area contributed by atoms with Gasteiger partial charge in [0.05, 0.1) is 0 Å². The van der Waals surface area contributed by atoms with Gasteiger partial charge in [-0.05, 0) is 22.3 Å². The van der Waals surface area contributed by atoms with Crippen LogP contribution in [0.1, 0.15) is 17.0 Å². The lowest BCUT2D eigenvalue weighted by Crippen LogP contribution is -2.52. The number of hydrogen-bond acceptors (Lipinski definition) is 4. The smallest absolute Gasteiger partial charge is 0.432 e. The molecule has 28 heavy (non-hydrogen) atoms. The minimum Gasteiger partial charge on any atom is -0.444 e. The van der Waals surface area contributed by atoms with Crippen molar-refractivity contribution >= 4 is 16.1 Å². The first kappa shape index (κ1) is 20.2. The largest absolute Gasteiger partial charge is 0.444 e. The number of ether oxygens (including phenoxy) is 1. The average Bonchev–Trinajstić information content (AvgIpc) is 2.92. The van der Waals surface area contributed by atoms with Gasteiger partial charge in [-0.25, -0.2) is 0 Å². The van der Waals surface area contributed by atoms with Crippen molar-refractivity contribution in [1.82, 2.24) is 0 Å². The molecule has 2 aromatic carbocycles. The van der Waals surface area contributed by atoms with E-state index in [1.54, 1.807) is 24.3 Å². The van der Waals surface area contributed by atoms with E-state index in [-0.39, 0.29) is 11.1 Å². The molecular formula is C17H11F5O5S. The Morgan fingerprint density at radius 1 is 0.929 bits per heavy atom. The molecule has 2 aromatic rings. The van der Waals surface area contributed by atoms with Gasteiger partial charge in [0.1, 0.15) is 5.92 Å². The normalized spacial score (nSPS) is 15.6. The fourth-order valence-corrected chi connectivity index (χ4v) is 3.51. The van der Waals surface area contributed by atoms with Crippen LogP contribution in [0.3, 0.4) is 0 Å². The molecule has 0 saturated heterocycles. The Labute approximate surface area is 155 Å². The Morgan fingerprint density at radius 3 is 1.75 bits per heavy atom. The molecule has 0 amide bonds. The molecule has 150 valence electrons. The van der Waals surface area contributed by atoms with Gasteiger partial charge in [-0.15, -0.1) is 0 Å². The van der Waals surface area contributed by atoms with Gasteiger partial charge in [0.2, 0.25) is 0 Å². The van der Waals surface area contributed by atoms with E-state index in [9.17, 15) is 35.2 Å². The molecule has 1 unspecified atom stereocenters. The first-order valence-corrected chi connectivity index (χ1v) is 9.10. The highest BCUT2D eigenvalue weighted by atomic mass is 32.2. The monoisotopic (exact) mass is 422 g/mol. The third-order valence-corrected chi connectivity index (χ3v) is 5.15. The zero-order valence-electron chi connectivity index (χ0n) is 13.7. The summed E-state index contributed by atoms with van der Waals surface area (Å²) in [7, 11) is -6.51. The van der Waals surface area contributed by atoms with Gasteiger partial charge >= 0.3 is 27.5 Å². The molecule has 0 fully saturated rings. The molecule has 11 heteroatoms. The lowest BCUT2D eigenvalue weighted by molar-refractivity contribution is -0.259. The third-order valence-electron chi connectivity index (χ3n) is 4.25. The number of hydrogen-bond donors (Lipinski definition) is 1. The number of esters is 1. The molecule has 1 aliphatic rings. The second kappa shape index (κ2) is 6.52. The molecule has 0 heterocycles. The molecule has 0 radical (unpaired) electrons. The first-order chi connectivity index (χ1) is 12.9. The number of benzene rings is 2. The van der Waals surface area contributed by atoms with E-state index in [2.05, 4.69) is 4.74 Å². The Morgan fingerprint density at radius 2 is 1.36 bits per heavy atom. The Bertz CT molecular complexity index is 987. The molecule has 1 atom stereocenters. The van der Waals surface area contributed by atoms with Crippen molar-refractivity contribution in [2.75, 3.05) is 0 Å². The first-order valence-electron chi connectivity index (χ1n) is 7.66. The van der Waals surface area contributed by atoms with E-state index in [0.29, 0.717) is 11.1 Å². The number of rotatable bonds is 4. The topological polar surface area (TPSA) is 80.7 Å². The molecule has 0 saturated carbocycles. The van der Waals surface area contributed by atoms with E-state index < -0.39 is 39.5 Å². The standard InChI is InChI=1S/C17H11F5O5S/c18-16(19,20)15(17(21,22)28(24,25)26)27-14(23)13-11-7-3-1-5-9(11)10-6-2-4-8-12(10)13/h1-8,13,15H,(H,24,25,26). The van der Waals surface area contributed by atoms with Crippen LogP contribution in [-0.2, 0) is 19.6 Å². The van der Waals surface area contributed by atoms with Crippen molar-refractivity contribution in [3.05, 3.63) is 59.7 Å². The van der Waals surface area contributed by atoms with E-state index >= 15 is 0 Å². The number of halogens is 5. The lowest BCUT2D eigenvalue weighted by Gasteiger charge is -2.27. The highest BCUT2D eigenvalue weighted by Crippen LogP contribution is 2.46. The van der Waals surface area contributed by atoms with Crippen molar-refractivity contribution in [3.63, 3.8) is 0 Å². The molecule has 5 nitrogen and oxygen atoms in total. The number of alkyl halides is 5. The quantitative estimate of drug-likeness (QED) is 0.461. The second-order valence-electron chi connectivity index (χ2n) is 6.00. The predicted molar refractivity (Wildman–Crippen MR) is 86.2 cm³/mol. The zero-order valence-corrected chi connectivity index (χ0v) is 14.5. The summed E-state index contributed by atoms with van der Waals surface area (Å²) in [5, 5.41) is -5.78. The minimum atomic E-state index is -6.51. The van der Waals surface area contributed by atoms with E-state index in [1.807, 2.05) is 0 Å². The summed E-state index contributed by atoms with van der Waals surface area (Å²) in [4.78, 5) is 12.5. The van der Waals surface area contributed by atoms with Gasteiger partial charge in [0.25, 0.3) is 6.10 Å². The average molecular weight is 422 g/mol. The number of carbonyl (C=O) groups is 1. The summed E-state index contributed by atoms with van der Waals surface area (Å²) < 4.78 is 101. The molecule has 0 aliphatic heterocycles. The number of carbonyl (C=O) groups excluding carboxylic acids is 1. The van der Waals surface area contributed by atoms with E-state index in [1.165, 1.54) is 24.3 Å². The van der Waals surface area contributed by atoms with Gasteiger partial charge in [-0.1, -0.05) is 48.5 Å². The maximum absolute atomic E-state index is 13.7. The fraction of sp³-hybridized carbons (Fsp3) is 0.235. The summed E-state index contributed by atoms with van der Waals surface area (Å²) in [5.74, 6) is -3.18. The molecule has 1 aliphatic carbocycles. The predicted octanol–water partition coefficient (Wildman–Crippen LogP) is 3.75. The van der Waals surface area contributed by atoms with Gasteiger partial charge in [0, 0.05) is 0 Å². The highest BCUT2D eigenvalue weighted by Gasteiger charge is 2.66. The Balaban J connectivity index is 2.04. The van der Waals surface area contributed by atoms with Crippen molar-refractivity contribution in [1.29, 1.82) is 0 Å². The third kappa shape index (κ3) is 3.24. The van der Waals surface area contributed by atoms with Gasteiger partial charge < -0.3 is 4.74 Å². The van der Waals surface area contributed by atoms with Crippen LogP contribution < -0.4 is 0 Å². The Hall–Kier alpha value is -2.53. The van der Waals surface area contributed by atoms with Crippen LogP contribution in [0.5, 0.6) is 0 Å². The van der Waals surface area contributed by atoms with E-state index in [4.69, 9.17) is 4.55 Å². The van der Waals surface area contributed by atoms with Gasteiger partial charge in [0.15, 0.2) is 0 Å². The van der Waals surface area contributed by atoms with Crippen LogP contribution in [-0.4, -0.2) is 36.5 Å². The maximum Gasteiger partial charge on any atom is 0.432 e. The van der Waals surface area contributed by atoms with Crippen LogP contribution in [0, 0.1) is 0 Å². The van der Waals surface area contributed by atoms with Crippen LogP contribution in [0.2, 0.25) is 0 Å². The van der Waals surface area contributed by atoms with Crippen molar-refractivity contribution in [2.24, 2.45) is 0 Å². The highest BCUT2D eigenvalue weighted by molar-refractivity contribution is 7.86. The van der Waals surface area contributed by atoms with E-state index in [0.717, 1.165) is 0 Å². The van der Waals surface area contributed by atoms with Crippen molar-refractivity contribution in [3.8, 4) is 11.1 Å². The summed E-state index contributed by atoms with van der Waals surface area (Å²) in [5.41, 5.74) is 1.46. The Kier molecular flexibility index (Phi) is 4.71. The summed E-state index contributed by atoms with van der Waals surface area (Å²) in [6.07, 6.45) is -10.3. The van der Waals surface area contributed by atoms with Crippen LogP contribution in [0.15, 0.2) is 48.5 Å². The lowest BCUT2D eigenvalue weighted by atomic mass is 9.97.